The predicted octanol–water partition coefficient (Wildman–Crippen LogP) is 0.694. The highest BCUT2D eigenvalue weighted by atomic mass is 32.1. The van der Waals surface area contributed by atoms with Crippen LogP contribution in [0.1, 0.15) is 11.3 Å². The predicted molar refractivity (Wildman–Crippen MR) is 67.3 cm³/mol. The Balaban J connectivity index is 2.27. The van der Waals surface area contributed by atoms with Crippen LogP contribution < -0.4 is 16.6 Å². The molecule has 1 aromatic rings. The number of hydrazine groups is 1. The number of nitrogens with two attached hydrogens (primary N) is 1. The maximum Gasteiger partial charge on any atom is 0.206 e. The number of thiophene rings is 1. The average molecular weight is 242 g/mol. The molecule has 16 heavy (non-hydrogen) atoms. The zero-order valence-corrected chi connectivity index (χ0v) is 10.2. The number of hydrogen-bond acceptors (Lipinski definition) is 4. The van der Waals surface area contributed by atoms with Crippen LogP contribution in [0.15, 0.2) is 22.5 Å². The first-order chi connectivity index (χ1) is 7.86. The molecule has 90 valence electrons. The summed E-state index contributed by atoms with van der Waals surface area (Å²) in [5.74, 6) is 5.97. The topological polar surface area (TPSA) is 71.7 Å². The van der Waals surface area contributed by atoms with E-state index in [-0.39, 0.29) is 0 Å². The van der Waals surface area contributed by atoms with Gasteiger partial charge in [-0.05, 0) is 17.9 Å². The van der Waals surface area contributed by atoms with Gasteiger partial charge in [0.2, 0.25) is 5.96 Å². The molecule has 0 aromatic carbocycles. The number of nitrogens with zero attached hydrogens (tertiary/aromatic N) is 1. The van der Waals surface area contributed by atoms with E-state index >= 15 is 0 Å². The summed E-state index contributed by atoms with van der Waals surface area (Å²) in [5.41, 5.74) is 2.54. The van der Waals surface area contributed by atoms with Crippen LogP contribution in [0.5, 0.6) is 0 Å². The second-order valence-electron chi connectivity index (χ2n) is 3.16. The average Bonchev–Trinajstić information content (AvgIpc) is 2.81. The summed E-state index contributed by atoms with van der Waals surface area (Å²) in [6.07, 6.45) is 0.927. The van der Waals surface area contributed by atoms with Crippen molar-refractivity contribution in [2.45, 2.75) is 13.0 Å². The number of aliphatic imine (C=N–C) groups is 1. The zero-order chi connectivity index (χ0) is 11.6. The third-order valence-electron chi connectivity index (χ3n) is 1.93. The molecule has 0 saturated heterocycles. The fourth-order valence-electron chi connectivity index (χ4n) is 1.14. The number of guanidine groups is 1. The first-order valence-corrected chi connectivity index (χ1v) is 6.01. The summed E-state index contributed by atoms with van der Waals surface area (Å²) >= 11 is 1.68. The maximum absolute atomic E-state index is 5.36. The number of methoxy groups -OCH3 is 1. The van der Waals surface area contributed by atoms with Crippen LogP contribution in [0, 0.1) is 0 Å². The van der Waals surface area contributed by atoms with E-state index in [1.165, 1.54) is 4.88 Å². The largest absolute Gasteiger partial charge is 0.385 e. The van der Waals surface area contributed by atoms with Crippen LogP contribution in [-0.2, 0) is 11.3 Å². The lowest BCUT2D eigenvalue weighted by Crippen LogP contribution is -2.42. The summed E-state index contributed by atoms with van der Waals surface area (Å²) in [6, 6.07) is 4.06. The standard InChI is InChI=1S/C10H18N4OS/c1-15-6-3-5-12-10(14-11)13-8-9-4-2-7-16-9/h2,4,7H,3,5-6,8,11H2,1H3,(H2,12,13,14). The van der Waals surface area contributed by atoms with Crippen molar-refractivity contribution >= 4 is 17.3 Å². The molecule has 0 aliphatic carbocycles. The van der Waals surface area contributed by atoms with Crippen LogP contribution in [0.3, 0.4) is 0 Å². The third kappa shape index (κ3) is 5.11. The molecular weight excluding hydrogens is 224 g/mol. The Bertz CT molecular complexity index is 300. The lowest BCUT2D eigenvalue weighted by Gasteiger charge is -2.08. The van der Waals surface area contributed by atoms with Gasteiger partial charge in [0.05, 0.1) is 6.54 Å². The first-order valence-electron chi connectivity index (χ1n) is 5.13. The number of hydrogen-bond donors (Lipinski definition) is 3. The Labute approximate surface area is 99.7 Å². The minimum absolute atomic E-state index is 0.615. The molecule has 0 saturated carbocycles. The van der Waals surface area contributed by atoms with E-state index in [4.69, 9.17) is 10.6 Å². The van der Waals surface area contributed by atoms with E-state index in [1.807, 2.05) is 17.5 Å². The van der Waals surface area contributed by atoms with Crippen molar-refractivity contribution in [3.63, 3.8) is 0 Å². The van der Waals surface area contributed by atoms with E-state index in [2.05, 4.69) is 15.7 Å². The Morgan fingerprint density at radius 3 is 3.12 bits per heavy atom. The van der Waals surface area contributed by atoms with Gasteiger partial charge in [-0.25, -0.2) is 10.8 Å². The molecule has 0 unspecified atom stereocenters. The molecule has 5 nitrogen and oxygen atoms in total. The SMILES string of the molecule is COCCCNC(=NCc1cccs1)NN. The second-order valence-corrected chi connectivity index (χ2v) is 4.19. The highest BCUT2D eigenvalue weighted by Crippen LogP contribution is 2.08. The highest BCUT2D eigenvalue weighted by Gasteiger charge is 1.96. The van der Waals surface area contributed by atoms with Gasteiger partial charge in [-0.1, -0.05) is 6.07 Å². The Hall–Kier alpha value is -1.11. The van der Waals surface area contributed by atoms with Crippen LogP contribution in [0.2, 0.25) is 0 Å². The molecule has 0 aliphatic heterocycles. The van der Waals surface area contributed by atoms with Gasteiger partial charge in [-0.3, -0.25) is 5.43 Å². The van der Waals surface area contributed by atoms with Crippen molar-refractivity contribution < 1.29 is 4.74 Å². The van der Waals surface area contributed by atoms with Crippen molar-refractivity contribution in [3.05, 3.63) is 22.4 Å². The van der Waals surface area contributed by atoms with Crippen LogP contribution in [0.25, 0.3) is 0 Å². The molecule has 0 radical (unpaired) electrons. The van der Waals surface area contributed by atoms with E-state index in [9.17, 15) is 0 Å². The molecule has 1 rings (SSSR count). The summed E-state index contributed by atoms with van der Waals surface area (Å²) in [4.78, 5) is 5.54. The monoisotopic (exact) mass is 242 g/mol. The Morgan fingerprint density at radius 1 is 1.62 bits per heavy atom. The fraction of sp³-hybridized carbons (Fsp3) is 0.500. The maximum atomic E-state index is 5.36. The third-order valence-corrected chi connectivity index (χ3v) is 2.79. The van der Waals surface area contributed by atoms with Gasteiger partial charge >= 0.3 is 0 Å². The van der Waals surface area contributed by atoms with E-state index in [1.54, 1.807) is 18.4 Å². The molecule has 1 aromatic heterocycles. The number of rotatable bonds is 6. The molecule has 0 amide bonds. The molecule has 0 atom stereocenters. The summed E-state index contributed by atoms with van der Waals surface area (Å²) in [7, 11) is 1.69. The van der Waals surface area contributed by atoms with Gasteiger partial charge in [0, 0.05) is 25.1 Å². The molecule has 0 aliphatic rings. The minimum Gasteiger partial charge on any atom is -0.385 e. The Kier molecular flexibility index (Phi) is 6.55. The number of ether oxygens (including phenoxy) is 1. The smallest absolute Gasteiger partial charge is 0.206 e. The van der Waals surface area contributed by atoms with Crippen LogP contribution in [0.4, 0.5) is 0 Å². The minimum atomic E-state index is 0.615. The van der Waals surface area contributed by atoms with Crippen molar-refractivity contribution in [3.8, 4) is 0 Å². The van der Waals surface area contributed by atoms with Crippen LogP contribution in [-0.4, -0.2) is 26.2 Å². The fourth-order valence-corrected chi connectivity index (χ4v) is 1.76. The van der Waals surface area contributed by atoms with Crippen LogP contribution >= 0.6 is 11.3 Å². The molecule has 0 bridgehead atoms. The number of nitrogens with one attached hydrogen (secondary N) is 2. The van der Waals surface area contributed by atoms with Crippen molar-refractivity contribution in [1.82, 2.24) is 10.7 Å². The van der Waals surface area contributed by atoms with Gasteiger partial charge in [-0.2, -0.15) is 0 Å². The lowest BCUT2D eigenvalue weighted by molar-refractivity contribution is 0.195. The molecule has 0 fully saturated rings. The van der Waals surface area contributed by atoms with Gasteiger partial charge < -0.3 is 10.1 Å². The second kappa shape index (κ2) is 8.09. The quantitative estimate of drug-likeness (QED) is 0.226. The van der Waals surface area contributed by atoms with Crippen molar-refractivity contribution in [1.29, 1.82) is 0 Å². The molecule has 4 N–H and O–H groups in total. The Morgan fingerprint density at radius 2 is 2.50 bits per heavy atom. The van der Waals surface area contributed by atoms with E-state index < -0.39 is 0 Å². The molecule has 1 heterocycles. The summed E-state index contributed by atoms with van der Waals surface area (Å²) in [6.45, 7) is 2.17. The van der Waals surface area contributed by atoms with E-state index in [0.717, 1.165) is 19.6 Å². The van der Waals surface area contributed by atoms with Crippen molar-refractivity contribution in [2.75, 3.05) is 20.3 Å². The van der Waals surface area contributed by atoms with Gasteiger partial charge in [0.25, 0.3) is 0 Å². The van der Waals surface area contributed by atoms with Gasteiger partial charge in [-0.15, -0.1) is 11.3 Å². The summed E-state index contributed by atoms with van der Waals surface area (Å²) < 4.78 is 4.95. The molecule has 0 spiro atoms. The summed E-state index contributed by atoms with van der Waals surface area (Å²) in [5, 5.41) is 5.14. The normalized spacial score (nSPS) is 11.5. The van der Waals surface area contributed by atoms with Gasteiger partial charge in [0.15, 0.2) is 0 Å². The highest BCUT2D eigenvalue weighted by molar-refractivity contribution is 7.09. The van der Waals surface area contributed by atoms with Gasteiger partial charge in [0.1, 0.15) is 0 Å². The van der Waals surface area contributed by atoms with E-state index in [0.29, 0.717) is 12.5 Å². The van der Waals surface area contributed by atoms with Crippen molar-refractivity contribution in [2.24, 2.45) is 10.8 Å². The lowest BCUT2D eigenvalue weighted by atomic mass is 10.4. The molecular formula is C10H18N4OS. The first kappa shape index (κ1) is 13.0. The molecule has 6 heteroatoms. The zero-order valence-electron chi connectivity index (χ0n) is 9.40.